The summed E-state index contributed by atoms with van der Waals surface area (Å²) in [5.74, 6) is 0.579. The second-order valence-corrected chi connectivity index (χ2v) is 6.12. The van der Waals surface area contributed by atoms with Crippen LogP contribution in [0.15, 0.2) is 48.5 Å². The average molecular weight is 337 g/mol. The zero-order chi connectivity index (χ0) is 16.9. The van der Waals surface area contributed by atoms with Crippen LogP contribution in [0.2, 0.25) is 5.02 Å². The number of halogens is 1. The first-order chi connectivity index (χ1) is 11.7. The molecule has 0 amide bonds. The van der Waals surface area contributed by atoms with Crippen LogP contribution in [0.3, 0.4) is 0 Å². The topological polar surface area (TPSA) is 64.5 Å². The summed E-state index contributed by atoms with van der Waals surface area (Å²) in [5.41, 5.74) is 4.73. The lowest BCUT2D eigenvalue weighted by Gasteiger charge is -2.04. The van der Waals surface area contributed by atoms with E-state index >= 15 is 0 Å². The van der Waals surface area contributed by atoms with E-state index in [2.05, 4.69) is 52.8 Å². The van der Waals surface area contributed by atoms with E-state index in [4.69, 9.17) is 11.6 Å². The third kappa shape index (κ3) is 3.76. The normalized spacial score (nSPS) is 10.4. The highest BCUT2D eigenvalue weighted by Crippen LogP contribution is 2.21. The molecule has 4 nitrogen and oxygen atoms in total. The standard InChI is InChI=1S/C19H17ClN4/c1-13-5-7-14(8-6-13)12-22-19-17(11-21)18(23-24-19)10-15-3-2-4-16(20)9-15/h2-9H,10,12H2,1H3,(H2,22,23,24). The molecule has 0 unspecified atom stereocenters. The number of nitrogens with zero attached hydrogens (tertiary/aromatic N) is 2. The Morgan fingerprint density at radius 3 is 2.67 bits per heavy atom. The van der Waals surface area contributed by atoms with Crippen LogP contribution >= 0.6 is 11.6 Å². The molecule has 1 aromatic heterocycles. The summed E-state index contributed by atoms with van der Waals surface area (Å²) in [7, 11) is 0. The van der Waals surface area contributed by atoms with Gasteiger partial charge in [-0.05, 0) is 30.2 Å². The van der Waals surface area contributed by atoms with Gasteiger partial charge in [0.2, 0.25) is 0 Å². The van der Waals surface area contributed by atoms with E-state index in [-0.39, 0.29) is 0 Å². The van der Waals surface area contributed by atoms with Gasteiger partial charge in [-0.2, -0.15) is 10.4 Å². The molecule has 3 aromatic rings. The second kappa shape index (κ2) is 7.20. The van der Waals surface area contributed by atoms with Gasteiger partial charge in [0.15, 0.2) is 5.82 Å². The van der Waals surface area contributed by atoms with Crippen molar-refractivity contribution < 1.29 is 0 Å². The smallest absolute Gasteiger partial charge is 0.166 e. The Labute approximate surface area is 146 Å². The summed E-state index contributed by atoms with van der Waals surface area (Å²) >= 11 is 6.02. The van der Waals surface area contributed by atoms with Crippen molar-refractivity contribution in [3.63, 3.8) is 0 Å². The van der Waals surface area contributed by atoms with Crippen molar-refractivity contribution in [2.24, 2.45) is 0 Å². The Kier molecular flexibility index (Phi) is 4.83. The molecule has 0 saturated heterocycles. The Morgan fingerprint density at radius 1 is 1.17 bits per heavy atom. The first-order valence-corrected chi connectivity index (χ1v) is 8.04. The van der Waals surface area contributed by atoms with Gasteiger partial charge in [0.25, 0.3) is 0 Å². The largest absolute Gasteiger partial charge is 0.363 e. The zero-order valence-corrected chi connectivity index (χ0v) is 14.1. The predicted molar refractivity (Wildman–Crippen MR) is 96.1 cm³/mol. The van der Waals surface area contributed by atoms with E-state index in [9.17, 15) is 5.26 Å². The highest BCUT2D eigenvalue weighted by Gasteiger charge is 2.13. The summed E-state index contributed by atoms with van der Waals surface area (Å²) < 4.78 is 0. The fourth-order valence-corrected chi connectivity index (χ4v) is 2.71. The first kappa shape index (κ1) is 16.1. The fraction of sp³-hybridized carbons (Fsp3) is 0.158. The first-order valence-electron chi connectivity index (χ1n) is 7.67. The molecule has 0 saturated carbocycles. The summed E-state index contributed by atoms with van der Waals surface area (Å²) in [5, 5.41) is 20.6. The van der Waals surface area contributed by atoms with Crippen molar-refractivity contribution in [1.82, 2.24) is 10.2 Å². The Morgan fingerprint density at radius 2 is 1.96 bits per heavy atom. The van der Waals surface area contributed by atoms with Crippen LogP contribution in [0.5, 0.6) is 0 Å². The third-order valence-corrected chi connectivity index (χ3v) is 4.04. The monoisotopic (exact) mass is 336 g/mol. The van der Waals surface area contributed by atoms with E-state index in [0.717, 1.165) is 16.8 Å². The van der Waals surface area contributed by atoms with Crippen LogP contribution in [0.4, 0.5) is 5.82 Å². The van der Waals surface area contributed by atoms with E-state index < -0.39 is 0 Å². The van der Waals surface area contributed by atoms with Gasteiger partial charge >= 0.3 is 0 Å². The Balaban J connectivity index is 1.74. The van der Waals surface area contributed by atoms with Crippen molar-refractivity contribution in [2.75, 3.05) is 5.32 Å². The molecule has 0 bridgehead atoms. The van der Waals surface area contributed by atoms with E-state index in [1.807, 2.05) is 24.3 Å². The number of hydrogen-bond acceptors (Lipinski definition) is 3. The van der Waals surface area contributed by atoms with Gasteiger partial charge in [-0.25, -0.2) is 0 Å². The summed E-state index contributed by atoms with van der Waals surface area (Å²) in [6.07, 6.45) is 0.586. The number of aromatic amines is 1. The Bertz CT molecular complexity index is 875. The van der Waals surface area contributed by atoms with Gasteiger partial charge in [-0.15, -0.1) is 0 Å². The maximum absolute atomic E-state index is 9.48. The van der Waals surface area contributed by atoms with Crippen LogP contribution in [0, 0.1) is 18.3 Å². The number of nitrogens with one attached hydrogen (secondary N) is 2. The number of rotatable bonds is 5. The van der Waals surface area contributed by atoms with E-state index in [1.165, 1.54) is 5.56 Å². The van der Waals surface area contributed by atoms with Crippen molar-refractivity contribution in [3.8, 4) is 6.07 Å². The molecular weight excluding hydrogens is 320 g/mol. The number of nitriles is 1. The van der Waals surface area contributed by atoms with Crippen LogP contribution < -0.4 is 5.32 Å². The highest BCUT2D eigenvalue weighted by molar-refractivity contribution is 6.30. The number of H-pyrrole nitrogens is 1. The van der Waals surface area contributed by atoms with Crippen molar-refractivity contribution >= 4 is 17.4 Å². The number of benzene rings is 2. The minimum atomic E-state index is 0.544. The molecule has 1 heterocycles. The highest BCUT2D eigenvalue weighted by atomic mass is 35.5. The van der Waals surface area contributed by atoms with Gasteiger partial charge in [-0.3, -0.25) is 5.10 Å². The summed E-state index contributed by atoms with van der Waals surface area (Å²) in [6, 6.07) is 18.1. The van der Waals surface area contributed by atoms with Crippen molar-refractivity contribution in [2.45, 2.75) is 19.9 Å². The van der Waals surface area contributed by atoms with Gasteiger partial charge in [0, 0.05) is 18.0 Å². The molecule has 0 aliphatic carbocycles. The van der Waals surface area contributed by atoms with Crippen molar-refractivity contribution in [1.29, 1.82) is 5.26 Å². The minimum absolute atomic E-state index is 0.544. The zero-order valence-electron chi connectivity index (χ0n) is 13.3. The number of anilines is 1. The summed E-state index contributed by atoms with van der Waals surface area (Å²) in [4.78, 5) is 0. The molecule has 2 N–H and O–H groups in total. The van der Waals surface area contributed by atoms with Gasteiger partial charge in [-0.1, -0.05) is 53.6 Å². The number of hydrogen-bond donors (Lipinski definition) is 2. The fourth-order valence-electron chi connectivity index (χ4n) is 2.50. The predicted octanol–water partition coefficient (Wildman–Crippen LogP) is 4.45. The number of aryl methyl sites for hydroxylation is 1. The third-order valence-electron chi connectivity index (χ3n) is 3.80. The van der Waals surface area contributed by atoms with Crippen LogP contribution in [0.25, 0.3) is 0 Å². The van der Waals surface area contributed by atoms with Crippen LogP contribution in [-0.2, 0) is 13.0 Å². The molecule has 5 heteroatoms. The molecule has 120 valence electrons. The van der Waals surface area contributed by atoms with Gasteiger partial charge in [0.1, 0.15) is 11.6 Å². The molecule has 2 aromatic carbocycles. The quantitative estimate of drug-likeness (QED) is 0.723. The Hall–Kier alpha value is -2.77. The maximum Gasteiger partial charge on any atom is 0.166 e. The van der Waals surface area contributed by atoms with E-state index in [0.29, 0.717) is 29.4 Å². The second-order valence-electron chi connectivity index (χ2n) is 5.68. The van der Waals surface area contributed by atoms with E-state index in [1.54, 1.807) is 0 Å². The molecular formula is C19H17ClN4. The lowest BCUT2D eigenvalue weighted by atomic mass is 10.1. The number of aromatic nitrogens is 2. The molecule has 3 rings (SSSR count). The van der Waals surface area contributed by atoms with Gasteiger partial charge in [0.05, 0.1) is 5.69 Å². The minimum Gasteiger partial charge on any atom is -0.363 e. The lowest BCUT2D eigenvalue weighted by Crippen LogP contribution is -2.01. The van der Waals surface area contributed by atoms with Crippen LogP contribution in [-0.4, -0.2) is 10.2 Å². The molecule has 0 spiro atoms. The summed E-state index contributed by atoms with van der Waals surface area (Å²) in [6.45, 7) is 2.68. The molecule has 0 fully saturated rings. The SMILES string of the molecule is Cc1ccc(CNc2n[nH]c(Cc3cccc(Cl)c3)c2C#N)cc1. The van der Waals surface area contributed by atoms with Gasteiger partial charge < -0.3 is 5.32 Å². The molecule has 0 aliphatic rings. The molecule has 24 heavy (non-hydrogen) atoms. The maximum atomic E-state index is 9.48. The average Bonchev–Trinajstić information content (AvgIpc) is 2.96. The molecule has 0 atom stereocenters. The molecule has 0 radical (unpaired) electrons. The van der Waals surface area contributed by atoms with Crippen molar-refractivity contribution in [3.05, 3.63) is 81.5 Å². The van der Waals surface area contributed by atoms with Crippen LogP contribution in [0.1, 0.15) is 27.9 Å². The molecule has 0 aliphatic heterocycles. The lowest BCUT2D eigenvalue weighted by molar-refractivity contribution is 0.987.